The lowest BCUT2D eigenvalue weighted by atomic mass is 9.92. The number of piperazine rings is 1. The number of hydrogen-bond acceptors (Lipinski definition) is 3. The van der Waals surface area contributed by atoms with E-state index in [0.29, 0.717) is 24.2 Å². The Bertz CT molecular complexity index is 1110. The Morgan fingerprint density at radius 1 is 0.903 bits per heavy atom. The Morgan fingerprint density at radius 3 is 2.35 bits per heavy atom. The van der Waals surface area contributed by atoms with Crippen LogP contribution in [0, 0.1) is 25.2 Å². The number of nitriles is 1. The van der Waals surface area contributed by atoms with Crippen LogP contribution in [0.1, 0.15) is 44.2 Å². The third-order valence-electron chi connectivity index (χ3n) is 6.05. The van der Waals surface area contributed by atoms with Crippen molar-refractivity contribution in [2.45, 2.75) is 19.9 Å². The summed E-state index contributed by atoms with van der Waals surface area (Å²) in [6.45, 7) is 7.25. The van der Waals surface area contributed by atoms with Crippen LogP contribution in [0.4, 0.5) is 0 Å². The minimum Gasteiger partial charge on any atom is -0.336 e. The number of carbonyl (C=O) groups is 1. The van der Waals surface area contributed by atoms with E-state index in [-0.39, 0.29) is 11.9 Å². The molecule has 0 aliphatic carbocycles. The summed E-state index contributed by atoms with van der Waals surface area (Å²) in [5.74, 6) is -0.000234. The lowest BCUT2D eigenvalue weighted by Crippen LogP contribution is -2.50. The number of amides is 1. The van der Waals surface area contributed by atoms with Gasteiger partial charge in [0.25, 0.3) is 5.91 Å². The lowest BCUT2D eigenvalue weighted by molar-refractivity contribution is 0.0597. The Labute approximate surface area is 184 Å². The molecule has 1 aliphatic heterocycles. The molecule has 1 fully saturated rings. The maximum Gasteiger partial charge on any atom is 0.253 e. The molecule has 1 atom stereocenters. The van der Waals surface area contributed by atoms with Gasteiger partial charge in [-0.2, -0.15) is 5.26 Å². The van der Waals surface area contributed by atoms with Gasteiger partial charge in [0, 0.05) is 31.7 Å². The van der Waals surface area contributed by atoms with E-state index in [9.17, 15) is 4.79 Å². The van der Waals surface area contributed by atoms with Crippen LogP contribution in [-0.2, 0) is 0 Å². The summed E-state index contributed by atoms with van der Waals surface area (Å²) in [6.07, 6.45) is 0. The van der Waals surface area contributed by atoms with E-state index in [0.717, 1.165) is 13.1 Å². The van der Waals surface area contributed by atoms with Gasteiger partial charge in [0.2, 0.25) is 0 Å². The first-order valence-electron chi connectivity index (χ1n) is 10.7. The average molecular weight is 410 g/mol. The zero-order valence-electron chi connectivity index (χ0n) is 18.1. The van der Waals surface area contributed by atoms with Crippen LogP contribution < -0.4 is 0 Å². The molecule has 0 radical (unpaired) electrons. The van der Waals surface area contributed by atoms with Crippen molar-refractivity contribution in [3.05, 3.63) is 106 Å². The molecule has 0 bridgehead atoms. The van der Waals surface area contributed by atoms with Crippen molar-refractivity contribution in [3.63, 3.8) is 0 Å². The minimum atomic E-state index is -0.000234. The molecule has 0 saturated carbocycles. The predicted molar refractivity (Wildman–Crippen MR) is 123 cm³/mol. The van der Waals surface area contributed by atoms with Crippen molar-refractivity contribution in [2.24, 2.45) is 0 Å². The fraction of sp³-hybridized carbons (Fsp3) is 0.259. The molecule has 1 aliphatic rings. The number of nitrogens with zero attached hydrogens (tertiary/aromatic N) is 3. The Kier molecular flexibility index (Phi) is 6.16. The second-order valence-electron chi connectivity index (χ2n) is 8.19. The summed E-state index contributed by atoms with van der Waals surface area (Å²) in [5, 5.41) is 9.13. The molecule has 0 unspecified atom stereocenters. The van der Waals surface area contributed by atoms with Crippen molar-refractivity contribution in [1.82, 2.24) is 9.80 Å². The van der Waals surface area contributed by atoms with Gasteiger partial charge in [-0.25, -0.2) is 0 Å². The third kappa shape index (κ3) is 4.52. The molecule has 0 aromatic heterocycles. The average Bonchev–Trinajstić information content (AvgIpc) is 2.82. The third-order valence-corrected chi connectivity index (χ3v) is 6.05. The van der Waals surface area contributed by atoms with E-state index in [1.165, 1.54) is 22.3 Å². The van der Waals surface area contributed by atoms with Crippen LogP contribution in [0.3, 0.4) is 0 Å². The molecule has 0 N–H and O–H groups in total. The van der Waals surface area contributed by atoms with Crippen LogP contribution in [0.25, 0.3) is 0 Å². The summed E-state index contributed by atoms with van der Waals surface area (Å²) in [5.41, 5.74) is 6.24. The van der Waals surface area contributed by atoms with E-state index in [1.807, 2.05) is 4.90 Å². The van der Waals surface area contributed by atoms with Gasteiger partial charge in [-0.15, -0.1) is 0 Å². The number of rotatable bonds is 4. The van der Waals surface area contributed by atoms with Crippen LogP contribution in [0.2, 0.25) is 0 Å². The second-order valence-corrected chi connectivity index (χ2v) is 8.19. The highest BCUT2D eigenvalue weighted by Gasteiger charge is 2.29. The van der Waals surface area contributed by atoms with E-state index in [1.54, 1.807) is 24.3 Å². The zero-order valence-corrected chi connectivity index (χ0v) is 18.1. The van der Waals surface area contributed by atoms with E-state index < -0.39 is 0 Å². The SMILES string of the molecule is Cc1ccc(C)c([C@H](c2ccccc2)N2CCN(C(=O)c3cccc(C#N)c3)CC2)c1. The first kappa shape index (κ1) is 20.8. The van der Waals surface area contributed by atoms with Gasteiger partial charge in [-0.05, 0) is 48.7 Å². The molecule has 4 rings (SSSR count). The number of benzene rings is 3. The zero-order chi connectivity index (χ0) is 21.8. The molecule has 156 valence electrons. The molecule has 0 spiro atoms. The van der Waals surface area contributed by atoms with Gasteiger partial charge in [-0.1, -0.05) is 60.2 Å². The molecule has 4 nitrogen and oxygen atoms in total. The molecule has 31 heavy (non-hydrogen) atoms. The van der Waals surface area contributed by atoms with Crippen LogP contribution in [0.15, 0.2) is 72.8 Å². The normalized spacial score (nSPS) is 15.3. The molecule has 3 aromatic rings. The molecule has 1 saturated heterocycles. The van der Waals surface area contributed by atoms with Gasteiger partial charge in [0.15, 0.2) is 0 Å². The van der Waals surface area contributed by atoms with Crippen molar-refractivity contribution in [2.75, 3.05) is 26.2 Å². The summed E-state index contributed by atoms with van der Waals surface area (Å²) >= 11 is 0. The number of aryl methyl sites for hydroxylation is 2. The standard InChI is InChI=1S/C27H27N3O/c1-20-11-12-21(2)25(17-20)26(23-8-4-3-5-9-23)29-13-15-30(16-14-29)27(31)24-10-6-7-22(18-24)19-28/h3-12,17-18,26H,13-16H2,1-2H3/t26-/m0/s1. The Hall–Kier alpha value is -3.42. The largest absolute Gasteiger partial charge is 0.336 e. The summed E-state index contributed by atoms with van der Waals surface area (Å²) in [7, 11) is 0. The van der Waals surface area contributed by atoms with Crippen LogP contribution >= 0.6 is 0 Å². The van der Waals surface area contributed by atoms with E-state index in [4.69, 9.17) is 5.26 Å². The molecular formula is C27H27N3O. The Balaban J connectivity index is 1.56. The lowest BCUT2D eigenvalue weighted by Gasteiger charge is -2.40. The molecule has 1 amide bonds. The highest BCUT2D eigenvalue weighted by Crippen LogP contribution is 2.32. The van der Waals surface area contributed by atoms with Crippen molar-refractivity contribution in [3.8, 4) is 6.07 Å². The monoisotopic (exact) mass is 409 g/mol. The summed E-state index contributed by atoms with van der Waals surface area (Å²) in [6, 6.07) is 26.5. The van der Waals surface area contributed by atoms with E-state index >= 15 is 0 Å². The first-order valence-corrected chi connectivity index (χ1v) is 10.7. The topological polar surface area (TPSA) is 47.3 Å². The fourth-order valence-corrected chi connectivity index (χ4v) is 4.36. The summed E-state index contributed by atoms with van der Waals surface area (Å²) in [4.78, 5) is 17.4. The molecular weight excluding hydrogens is 382 g/mol. The highest BCUT2D eigenvalue weighted by molar-refractivity contribution is 5.94. The first-order chi connectivity index (χ1) is 15.1. The maximum atomic E-state index is 13.0. The number of hydrogen-bond donors (Lipinski definition) is 0. The maximum absolute atomic E-state index is 13.0. The van der Waals surface area contributed by atoms with Gasteiger partial charge in [0.05, 0.1) is 17.7 Å². The number of carbonyl (C=O) groups excluding carboxylic acids is 1. The molecule has 1 heterocycles. The van der Waals surface area contributed by atoms with Crippen LogP contribution in [0.5, 0.6) is 0 Å². The highest BCUT2D eigenvalue weighted by atomic mass is 16.2. The van der Waals surface area contributed by atoms with Gasteiger partial charge >= 0.3 is 0 Å². The van der Waals surface area contributed by atoms with Crippen molar-refractivity contribution in [1.29, 1.82) is 5.26 Å². The van der Waals surface area contributed by atoms with Crippen LogP contribution in [-0.4, -0.2) is 41.9 Å². The second kappa shape index (κ2) is 9.16. The quantitative estimate of drug-likeness (QED) is 0.626. The molecule has 3 aromatic carbocycles. The smallest absolute Gasteiger partial charge is 0.253 e. The van der Waals surface area contributed by atoms with Gasteiger partial charge < -0.3 is 4.90 Å². The van der Waals surface area contributed by atoms with Gasteiger partial charge in [0.1, 0.15) is 0 Å². The van der Waals surface area contributed by atoms with Gasteiger partial charge in [-0.3, -0.25) is 9.69 Å². The predicted octanol–water partition coefficient (Wildman–Crippen LogP) is 4.72. The van der Waals surface area contributed by atoms with Crippen molar-refractivity contribution < 1.29 is 4.79 Å². The summed E-state index contributed by atoms with van der Waals surface area (Å²) < 4.78 is 0. The van der Waals surface area contributed by atoms with Crippen molar-refractivity contribution >= 4 is 5.91 Å². The molecule has 4 heteroatoms. The van der Waals surface area contributed by atoms with E-state index in [2.05, 4.69) is 73.3 Å². The fourth-order valence-electron chi connectivity index (χ4n) is 4.36. The minimum absolute atomic E-state index is 0.000234. The Morgan fingerprint density at radius 2 is 1.65 bits per heavy atom.